The molecule has 0 aromatic heterocycles. The van der Waals surface area contributed by atoms with Gasteiger partial charge in [0.25, 0.3) is 20.1 Å². The van der Waals surface area contributed by atoms with Crippen molar-refractivity contribution in [3.8, 4) is 67.9 Å². The molecule has 90 heavy (non-hydrogen) atoms. The van der Waals surface area contributed by atoms with Crippen molar-refractivity contribution in [2.75, 3.05) is 15.1 Å². The summed E-state index contributed by atoms with van der Waals surface area (Å²) in [6, 6.07) is 76.9. The van der Waals surface area contributed by atoms with Crippen LogP contribution in [0, 0.1) is 62.3 Å². The molecule has 0 saturated carbocycles. The third-order valence-electron chi connectivity index (χ3n) is 20.4. The lowest BCUT2D eigenvalue weighted by atomic mass is 9.30. The molecule has 428 valence electrons. The van der Waals surface area contributed by atoms with Crippen LogP contribution < -0.4 is 78.5 Å². The minimum absolute atomic E-state index is 0.105. The Bertz CT molecular complexity index is 5110. The van der Waals surface area contributed by atoms with Crippen LogP contribution in [0.25, 0.3) is 33.4 Å². The molecule has 0 saturated heterocycles. The summed E-state index contributed by atoms with van der Waals surface area (Å²) in [7, 11) is 0. The standard InChI is InChI=1S/C81H62B3N3O3/c1-44-32-51(8)81(52(9)33-44)87-66-43-71-62(41-60(66)83-58-29-14-16-31-69(58)88-72-37-54(36-68(87)79(72)83)76-47(4)22-18-23-48(76)5)84-61-40-59-63(42-70(61)89-73-38-55(39-74(90-71)80(73)84)77-49(6)24-19-25-50(77)7)85-64-34-53(75-45(2)20-17-21-46(75)3)35-67-78(64)82(59)57-28-13-15-30-65(57)86(67)56-26-11-10-12-27-56/h10-43,85H,1-9H3. The number of rotatable bonds is 5. The summed E-state index contributed by atoms with van der Waals surface area (Å²) >= 11 is 0. The number of ether oxygens (including phenoxy) is 3. The largest absolute Gasteiger partial charge is 0.458 e. The van der Waals surface area contributed by atoms with Gasteiger partial charge in [-0.3, -0.25) is 0 Å². The third-order valence-corrected chi connectivity index (χ3v) is 20.4. The third kappa shape index (κ3) is 7.56. The molecule has 6 aliphatic rings. The Hall–Kier alpha value is -10.4. The molecule has 6 nitrogen and oxygen atoms in total. The first kappa shape index (κ1) is 52.7. The highest BCUT2D eigenvalue weighted by Crippen LogP contribution is 2.50. The van der Waals surface area contributed by atoms with Crippen LogP contribution in [0.4, 0.5) is 45.5 Å². The summed E-state index contributed by atoms with van der Waals surface area (Å²) in [5.74, 6) is 5.02. The van der Waals surface area contributed by atoms with Crippen molar-refractivity contribution >= 4 is 115 Å². The number of hydrogen-bond donors (Lipinski definition) is 1. The number of para-hydroxylation sites is 3. The molecule has 12 aromatic rings. The zero-order valence-electron chi connectivity index (χ0n) is 52.0. The highest BCUT2D eigenvalue weighted by atomic mass is 16.5. The van der Waals surface area contributed by atoms with Gasteiger partial charge in [0, 0.05) is 57.4 Å². The van der Waals surface area contributed by atoms with E-state index < -0.39 is 0 Å². The van der Waals surface area contributed by atoms with Crippen LogP contribution in [0.5, 0.6) is 34.5 Å². The van der Waals surface area contributed by atoms with E-state index in [0.29, 0.717) is 0 Å². The fourth-order valence-electron chi connectivity index (χ4n) is 16.9. The van der Waals surface area contributed by atoms with Crippen LogP contribution in [-0.4, -0.2) is 20.1 Å². The zero-order valence-corrected chi connectivity index (χ0v) is 52.0. The SMILES string of the molecule is Cc1cc(C)c(N2c3cc4c(cc3B3c5ccccc5Oc5cc(-c6c(C)cccc6C)cc2c53)B2c3cc5c(cc3Oc3cc(-c6c(C)cccc6C)cc(c32)O4)Nc2cc(-c3c(C)cccc3C)cc3c2B5c2ccccc2N3c2ccccc2)c(C)c1. The van der Waals surface area contributed by atoms with E-state index in [2.05, 4.69) is 284 Å². The molecule has 0 spiro atoms. The molecular weight excluding hydrogens is 1100 g/mol. The molecule has 18 rings (SSSR count). The number of benzene rings is 12. The van der Waals surface area contributed by atoms with Gasteiger partial charge in [0.1, 0.15) is 34.5 Å². The second-order valence-electron chi connectivity index (χ2n) is 26.1. The van der Waals surface area contributed by atoms with Gasteiger partial charge < -0.3 is 29.3 Å². The fourth-order valence-corrected chi connectivity index (χ4v) is 16.9. The Morgan fingerprint density at radius 1 is 0.289 bits per heavy atom. The minimum Gasteiger partial charge on any atom is -0.458 e. The Morgan fingerprint density at radius 2 is 0.767 bits per heavy atom. The van der Waals surface area contributed by atoms with Crippen molar-refractivity contribution < 1.29 is 14.2 Å². The lowest BCUT2D eigenvalue weighted by Crippen LogP contribution is -2.64. The Labute approximate surface area is 527 Å². The van der Waals surface area contributed by atoms with Gasteiger partial charge >= 0.3 is 0 Å². The van der Waals surface area contributed by atoms with Crippen LogP contribution in [0.15, 0.2) is 206 Å². The second kappa shape index (κ2) is 19.3. The van der Waals surface area contributed by atoms with E-state index in [0.717, 1.165) is 107 Å². The average molecular weight is 1160 g/mol. The molecule has 0 radical (unpaired) electrons. The van der Waals surface area contributed by atoms with E-state index >= 15 is 0 Å². The van der Waals surface area contributed by atoms with E-state index in [1.54, 1.807) is 0 Å². The first-order valence-corrected chi connectivity index (χ1v) is 31.6. The van der Waals surface area contributed by atoms with E-state index in [-0.39, 0.29) is 20.1 Å². The van der Waals surface area contributed by atoms with Gasteiger partial charge in [0.15, 0.2) is 0 Å². The summed E-state index contributed by atoms with van der Waals surface area (Å²) in [5, 5.41) is 4.12. The molecule has 9 heteroatoms. The lowest BCUT2D eigenvalue weighted by Gasteiger charge is -2.43. The fraction of sp³-hybridized carbons (Fsp3) is 0.111. The van der Waals surface area contributed by atoms with Gasteiger partial charge in [-0.2, -0.15) is 0 Å². The molecule has 0 aliphatic carbocycles. The zero-order chi connectivity index (χ0) is 60.7. The average Bonchev–Trinajstić information content (AvgIpc) is 0.702. The first-order valence-electron chi connectivity index (χ1n) is 31.6. The smallest absolute Gasteiger partial charge is 0.260 e. The second-order valence-corrected chi connectivity index (χ2v) is 26.1. The number of nitrogens with zero attached hydrogens (tertiary/aromatic N) is 2. The summed E-state index contributed by atoms with van der Waals surface area (Å²) in [6.45, 7) is 19.5. The van der Waals surface area contributed by atoms with Crippen LogP contribution in [0.3, 0.4) is 0 Å². The summed E-state index contributed by atoms with van der Waals surface area (Å²) < 4.78 is 22.4. The van der Waals surface area contributed by atoms with Crippen LogP contribution >= 0.6 is 0 Å². The maximum absolute atomic E-state index is 7.64. The van der Waals surface area contributed by atoms with Crippen molar-refractivity contribution in [1.29, 1.82) is 0 Å². The van der Waals surface area contributed by atoms with E-state index in [9.17, 15) is 0 Å². The highest BCUT2D eigenvalue weighted by molar-refractivity contribution is 7.03. The number of hydrogen-bond acceptors (Lipinski definition) is 6. The molecule has 0 amide bonds. The summed E-state index contributed by atoms with van der Waals surface area (Å²) in [4.78, 5) is 5.02. The van der Waals surface area contributed by atoms with Gasteiger partial charge in [-0.1, -0.05) is 139 Å². The van der Waals surface area contributed by atoms with Crippen LogP contribution in [0.1, 0.15) is 50.1 Å². The Balaban J connectivity index is 0.905. The molecular formula is C81H62B3N3O3. The van der Waals surface area contributed by atoms with Gasteiger partial charge in [-0.25, -0.2) is 0 Å². The molecule has 0 atom stereocenters. The van der Waals surface area contributed by atoms with Gasteiger partial charge in [-0.05, 0) is 245 Å². The molecule has 1 N–H and O–H groups in total. The minimum atomic E-state index is -0.268. The van der Waals surface area contributed by atoms with Crippen molar-refractivity contribution in [2.45, 2.75) is 62.3 Å². The van der Waals surface area contributed by atoms with E-state index in [4.69, 9.17) is 14.2 Å². The number of nitrogens with one attached hydrogen (secondary N) is 1. The molecule has 6 heterocycles. The van der Waals surface area contributed by atoms with E-state index in [1.807, 2.05) is 0 Å². The predicted molar refractivity (Wildman–Crippen MR) is 378 cm³/mol. The van der Waals surface area contributed by atoms with Crippen molar-refractivity contribution in [2.24, 2.45) is 0 Å². The molecule has 0 fully saturated rings. The molecule has 6 aliphatic heterocycles. The highest BCUT2D eigenvalue weighted by Gasteiger charge is 2.49. The lowest BCUT2D eigenvalue weighted by molar-refractivity contribution is 0.465. The Kier molecular flexibility index (Phi) is 11.3. The quantitative estimate of drug-likeness (QED) is 0.173. The molecule has 0 bridgehead atoms. The van der Waals surface area contributed by atoms with Gasteiger partial charge in [0.2, 0.25) is 0 Å². The molecule has 12 aromatic carbocycles. The number of fused-ring (bicyclic) bond motifs is 12. The number of anilines is 8. The van der Waals surface area contributed by atoms with Gasteiger partial charge in [-0.15, -0.1) is 0 Å². The maximum Gasteiger partial charge on any atom is 0.260 e. The van der Waals surface area contributed by atoms with E-state index in [1.165, 1.54) is 106 Å². The van der Waals surface area contributed by atoms with Gasteiger partial charge in [0.05, 0.1) is 5.69 Å². The molecule has 0 unspecified atom stereocenters. The van der Waals surface area contributed by atoms with Crippen LogP contribution in [-0.2, 0) is 0 Å². The first-order chi connectivity index (χ1) is 43.8. The monoisotopic (exact) mass is 1160 g/mol. The number of aryl methyl sites for hydroxylation is 9. The predicted octanol–water partition coefficient (Wildman–Crippen LogP) is 15.0. The topological polar surface area (TPSA) is 46.2 Å². The van der Waals surface area contributed by atoms with Crippen molar-refractivity contribution in [1.82, 2.24) is 0 Å². The summed E-state index contributed by atoms with van der Waals surface area (Å²) in [6.07, 6.45) is 0. The maximum atomic E-state index is 7.64. The Morgan fingerprint density at radius 3 is 1.39 bits per heavy atom. The van der Waals surface area contributed by atoms with Crippen LogP contribution in [0.2, 0.25) is 0 Å². The summed E-state index contributed by atoms with van der Waals surface area (Å²) in [5.41, 5.74) is 37.4. The van der Waals surface area contributed by atoms with Crippen molar-refractivity contribution in [3.05, 3.63) is 256 Å². The normalized spacial score (nSPS) is 13.6. The van der Waals surface area contributed by atoms with Crippen molar-refractivity contribution in [3.63, 3.8) is 0 Å².